The van der Waals surface area contributed by atoms with Crippen molar-refractivity contribution in [2.75, 3.05) is 6.54 Å². The zero-order valence-electron chi connectivity index (χ0n) is 11.7. The van der Waals surface area contributed by atoms with E-state index in [1.807, 2.05) is 42.6 Å². The SMILES string of the molecule is CCCNC(=O)c1ccsc1N=Cc1ccc(C)cc1. The normalized spacial score (nSPS) is 10.9. The van der Waals surface area contributed by atoms with Crippen LogP contribution in [-0.4, -0.2) is 18.7 Å². The van der Waals surface area contributed by atoms with Gasteiger partial charge in [0.2, 0.25) is 0 Å². The largest absolute Gasteiger partial charge is 0.352 e. The molecule has 0 aliphatic heterocycles. The third kappa shape index (κ3) is 3.78. The first-order valence-corrected chi connectivity index (χ1v) is 7.55. The van der Waals surface area contributed by atoms with Crippen LogP contribution in [-0.2, 0) is 0 Å². The minimum atomic E-state index is -0.0517. The number of amides is 1. The first-order valence-electron chi connectivity index (χ1n) is 6.67. The lowest BCUT2D eigenvalue weighted by Crippen LogP contribution is -2.23. The maximum Gasteiger partial charge on any atom is 0.254 e. The second-order valence-electron chi connectivity index (χ2n) is 4.56. The molecule has 2 rings (SSSR count). The first kappa shape index (κ1) is 14.5. The van der Waals surface area contributed by atoms with Crippen LogP contribution >= 0.6 is 11.3 Å². The molecule has 0 saturated carbocycles. The summed E-state index contributed by atoms with van der Waals surface area (Å²) in [6, 6.07) is 9.94. The Morgan fingerprint density at radius 2 is 2.05 bits per heavy atom. The average molecular weight is 286 g/mol. The Kier molecular flexibility index (Phi) is 5.07. The molecule has 0 bridgehead atoms. The van der Waals surface area contributed by atoms with E-state index in [0.717, 1.165) is 17.0 Å². The summed E-state index contributed by atoms with van der Waals surface area (Å²) in [5.41, 5.74) is 2.90. The van der Waals surface area contributed by atoms with Gasteiger partial charge < -0.3 is 5.32 Å². The Morgan fingerprint density at radius 1 is 1.30 bits per heavy atom. The Labute approximate surface area is 123 Å². The Hall–Kier alpha value is -1.94. The molecule has 3 nitrogen and oxygen atoms in total. The van der Waals surface area contributed by atoms with E-state index in [1.54, 1.807) is 6.21 Å². The number of carbonyl (C=O) groups excluding carboxylic acids is 1. The van der Waals surface area contributed by atoms with Crippen LogP contribution in [0.5, 0.6) is 0 Å². The number of thiophene rings is 1. The highest BCUT2D eigenvalue weighted by Gasteiger charge is 2.10. The van der Waals surface area contributed by atoms with Crippen molar-refractivity contribution in [2.45, 2.75) is 20.3 Å². The molecule has 0 unspecified atom stereocenters. The molecule has 0 saturated heterocycles. The summed E-state index contributed by atoms with van der Waals surface area (Å²) in [6.45, 7) is 4.77. The topological polar surface area (TPSA) is 41.5 Å². The second kappa shape index (κ2) is 7.01. The third-order valence-corrected chi connectivity index (χ3v) is 3.65. The molecule has 0 atom stereocenters. The van der Waals surface area contributed by atoms with E-state index in [4.69, 9.17) is 0 Å². The molecule has 1 aromatic heterocycles. The van der Waals surface area contributed by atoms with Gasteiger partial charge in [-0.15, -0.1) is 11.3 Å². The van der Waals surface area contributed by atoms with Crippen LogP contribution in [0.2, 0.25) is 0 Å². The van der Waals surface area contributed by atoms with E-state index in [0.29, 0.717) is 12.1 Å². The fraction of sp³-hybridized carbons (Fsp3) is 0.250. The summed E-state index contributed by atoms with van der Waals surface area (Å²) < 4.78 is 0. The maximum absolute atomic E-state index is 12.0. The smallest absolute Gasteiger partial charge is 0.254 e. The van der Waals surface area contributed by atoms with Crippen molar-refractivity contribution in [1.82, 2.24) is 5.32 Å². The van der Waals surface area contributed by atoms with Crippen LogP contribution < -0.4 is 5.32 Å². The quantitative estimate of drug-likeness (QED) is 0.831. The molecule has 1 heterocycles. The molecular formula is C16H18N2OS. The van der Waals surface area contributed by atoms with Crippen LogP contribution in [0.15, 0.2) is 40.7 Å². The predicted octanol–water partition coefficient (Wildman–Crippen LogP) is 3.95. The van der Waals surface area contributed by atoms with E-state index in [1.165, 1.54) is 16.9 Å². The van der Waals surface area contributed by atoms with Crippen LogP contribution in [0.4, 0.5) is 5.00 Å². The molecule has 1 aromatic carbocycles. The zero-order chi connectivity index (χ0) is 14.4. The number of aliphatic imine (C=N–C) groups is 1. The molecule has 0 radical (unpaired) electrons. The van der Waals surface area contributed by atoms with Crippen molar-refractivity contribution in [2.24, 2.45) is 4.99 Å². The maximum atomic E-state index is 12.0. The van der Waals surface area contributed by atoms with Gasteiger partial charge >= 0.3 is 0 Å². The minimum absolute atomic E-state index is 0.0517. The van der Waals surface area contributed by atoms with Gasteiger partial charge in [-0.2, -0.15) is 0 Å². The number of hydrogen-bond donors (Lipinski definition) is 1. The molecule has 1 N–H and O–H groups in total. The molecule has 2 aromatic rings. The van der Waals surface area contributed by atoms with Gasteiger partial charge in [-0.1, -0.05) is 36.8 Å². The van der Waals surface area contributed by atoms with Crippen molar-refractivity contribution >= 4 is 28.5 Å². The van der Waals surface area contributed by atoms with Gasteiger partial charge in [0.1, 0.15) is 5.00 Å². The fourth-order valence-electron chi connectivity index (χ4n) is 1.69. The molecule has 0 aliphatic rings. The minimum Gasteiger partial charge on any atom is -0.352 e. The second-order valence-corrected chi connectivity index (χ2v) is 5.46. The lowest BCUT2D eigenvalue weighted by atomic mass is 10.2. The number of hydrogen-bond acceptors (Lipinski definition) is 3. The van der Waals surface area contributed by atoms with Crippen LogP contribution in [0.3, 0.4) is 0 Å². The number of nitrogens with one attached hydrogen (secondary N) is 1. The molecule has 0 fully saturated rings. The predicted molar refractivity (Wildman–Crippen MR) is 85.4 cm³/mol. The van der Waals surface area contributed by atoms with Crippen LogP contribution in [0.1, 0.15) is 34.8 Å². The number of benzene rings is 1. The van der Waals surface area contributed by atoms with Gasteiger partial charge in [0.15, 0.2) is 0 Å². The molecule has 0 aliphatic carbocycles. The highest BCUT2D eigenvalue weighted by molar-refractivity contribution is 7.14. The average Bonchev–Trinajstić information content (AvgIpc) is 2.92. The van der Waals surface area contributed by atoms with Crippen molar-refractivity contribution in [3.8, 4) is 0 Å². The Balaban J connectivity index is 2.12. The van der Waals surface area contributed by atoms with Gasteiger partial charge in [0, 0.05) is 12.8 Å². The monoisotopic (exact) mass is 286 g/mol. The molecule has 20 heavy (non-hydrogen) atoms. The molecule has 104 valence electrons. The van der Waals surface area contributed by atoms with Gasteiger partial charge in [0.05, 0.1) is 5.56 Å². The molecular weight excluding hydrogens is 268 g/mol. The summed E-state index contributed by atoms with van der Waals surface area (Å²) in [4.78, 5) is 16.4. The highest BCUT2D eigenvalue weighted by atomic mass is 32.1. The van der Waals surface area contributed by atoms with Gasteiger partial charge in [0.25, 0.3) is 5.91 Å². The van der Waals surface area contributed by atoms with E-state index < -0.39 is 0 Å². The highest BCUT2D eigenvalue weighted by Crippen LogP contribution is 2.26. The number of nitrogens with zero attached hydrogens (tertiary/aromatic N) is 1. The molecule has 1 amide bonds. The van der Waals surface area contributed by atoms with Gasteiger partial charge in [-0.25, -0.2) is 4.99 Å². The summed E-state index contributed by atoms with van der Waals surface area (Å²) in [5.74, 6) is -0.0517. The standard InChI is InChI=1S/C16H18N2OS/c1-3-9-17-15(19)14-8-10-20-16(14)18-11-13-6-4-12(2)5-7-13/h4-8,10-11H,3,9H2,1-2H3,(H,17,19). The van der Waals surface area contributed by atoms with Crippen molar-refractivity contribution in [3.63, 3.8) is 0 Å². The lowest BCUT2D eigenvalue weighted by Gasteiger charge is -2.02. The van der Waals surface area contributed by atoms with E-state index in [2.05, 4.69) is 17.2 Å². The first-order chi connectivity index (χ1) is 9.70. The molecule has 4 heteroatoms. The van der Waals surface area contributed by atoms with Crippen LogP contribution in [0.25, 0.3) is 0 Å². The summed E-state index contributed by atoms with van der Waals surface area (Å²) in [6.07, 6.45) is 2.72. The number of carbonyl (C=O) groups is 1. The summed E-state index contributed by atoms with van der Waals surface area (Å²) >= 11 is 1.47. The Morgan fingerprint density at radius 3 is 2.75 bits per heavy atom. The van der Waals surface area contributed by atoms with Crippen molar-refractivity contribution in [3.05, 3.63) is 52.4 Å². The lowest BCUT2D eigenvalue weighted by molar-refractivity contribution is 0.0955. The fourth-order valence-corrected chi connectivity index (χ4v) is 2.43. The van der Waals surface area contributed by atoms with Gasteiger partial charge in [-0.05, 0) is 30.4 Å². The third-order valence-electron chi connectivity index (χ3n) is 2.83. The van der Waals surface area contributed by atoms with E-state index in [-0.39, 0.29) is 5.91 Å². The van der Waals surface area contributed by atoms with Gasteiger partial charge in [-0.3, -0.25) is 4.79 Å². The molecule has 0 spiro atoms. The van der Waals surface area contributed by atoms with E-state index in [9.17, 15) is 4.79 Å². The number of rotatable bonds is 5. The van der Waals surface area contributed by atoms with Crippen molar-refractivity contribution in [1.29, 1.82) is 0 Å². The summed E-state index contributed by atoms with van der Waals surface area (Å²) in [7, 11) is 0. The summed E-state index contributed by atoms with van der Waals surface area (Å²) in [5, 5.41) is 5.52. The Bertz CT molecular complexity index is 599. The number of aryl methyl sites for hydroxylation is 1. The van der Waals surface area contributed by atoms with Crippen molar-refractivity contribution < 1.29 is 4.79 Å². The van der Waals surface area contributed by atoms with Crippen LogP contribution in [0, 0.1) is 6.92 Å². The van der Waals surface area contributed by atoms with E-state index >= 15 is 0 Å². The zero-order valence-corrected chi connectivity index (χ0v) is 12.5.